The Labute approximate surface area is 113 Å². The van der Waals surface area contributed by atoms with Gasteiger partial charge in [-0.15, -0.1) is 0 Å². The summed E-state index contributed by atoms with van der Waals surface area (Å²) in [7, 11) is -3.78. The number of hydrogen-bond acceptors (Lipinski definition) is 3. The number of rotatable bonds is 5. The predicted octanol–water partition coefficient (Wildman–Crippen LogP) is 1.17. The fraction of sp³-hybridized carbons (Fsp3) is 0.462. The summed E-state index contributed by atoms with van der Waals surface area (Å²) in [6, 6.07) is 4.33. The van der Waals surface area contributed by atoms with Gasteiger partial charge in [-0.1, -0.05) is 18.9 Å². The summed E-state index contributed by atoms with van der Waals surface area (Å²) in [6.45, 7) is 2.39. The van der Waals surface area contributed by atoms with Crippen molar-refractivity contribution in [1.82, 2.24) is 5.32 Å². The zero-order valence-corrected chi connectivity index (χ0v) is 11.7. The molecule has 6 heteroatoms. The maximum atomic E-state index is 12.0. The summed E-state index contributed by atoms with van der Waals surface area (Å²) in [5.74, 6) is 0.501. The summed E-state index contributed by atoms with van der Waals surface area (Å²) in [4.78, 5) is 12.0. The van der Waals surface area contributed by atoms with E-state index in [-0.39, 0.29) is 10.8 Å². The molecule has 0 heterocycles. The molecule has 5 nitrogen and oxygen atoms in total. The molecule has 1 aromatic rings. The molecule has 19 heavy (non-hydrogen) atoms. The average Bonchev–Trinajstić information content (AvgIpc) is 3.12. The number of aryl methyl sites for hydroxylation is 1. The van der Waals surface area contributed by atoms with E-state index in [0.29, 0.717) is 12.1 Å². The third kappa shape index (κ3) is 3.78. The second-order valence-corrected chi connectivity index (χ2v) is 6.57. The Morgan fingerprint density at radius 2 is 2.11 bits per heavy atom. The smallest absolute Gasteiger partial charge is 0.251 e. The van der Waals surface area contributed by atoms with Crippen LogP contribution >= 0.6 is 0 Å². The van der Waals surface area contributed by atoms with Crippen LogP contribution in [0.2, 0.25) is 0 Å². The van der Waals surface area contributed by atoms with E-state index in [1.165, 1.54) is 25.0 Å². The molecule has 1 aliphatic rings. The molecule has 0 aliphatic heterocycles. The van der Waals surface area contributed by atoms with Gasteiger partial charge in [-0.3, -0.25) is 4.79 Å². The van der Waals surface area contributed by atoms with Crippen LogP contribution in [0.25, 0.3) is 0 Å². The lowest BCUT2D eigenvalue weighted by molar-refractivity contribution is 0.0952. The maximum Gasteiger partial charge on any atom is 0.251 e. The summed E-state index contributed by atoms with van der Waals surface area (Å²) in [5, 5.41) is 7.88. The minimum absolute atomic E-state index is 0.0366. The average molecular weight is 282 g/mol. The lowest BCUT2D eigenvalue weighted by Gasteiger charge is -2.09. The van der Waals surface area contributed by atoms with Gasteiger partial charge in [0.15, 0.2) is 0 Å². The highest BCUT2D eigenvalue weighted by Gasteiger charge is 2.21. The number of sulfonamides is 1. The molecule has 0 aromatic heterocycles. The first-order valence-corrected chi connectivity index (χ1v) is 7.84. The van der Waals surface area contributed by atoms with Gasteiger partial charge in [0.05, 0.1) is 4.90 Å². The largest absolute Gasteiger partial charge is 0.352 e. The number of nitrogens with one attached hydrogen (secondary N) is 1. The molecule has 2 rings (SSSR count). The van der Waals surface area contributed by atoms with Gasteiger partial charge < -0.3 is 5.32 Å². The number of carbonyl (C=O) groups is 1. The van der Waals surface area contributed by atoms with E-state index >= 15 is 0 Å². The second kappa shape index (κ2) is 5.30. The van der Waals surface area contributed by atoms with Crippen LogP contribution < -0.4 is 10.5 Å². The van der Waals surface area contributed by atoms with Gasteiger partial charge in [0.2, 0.25) is 10.0 Å². The summed E-state index contributed by atoms with van der Waals surface area (Å²) in [5.41, 5.74) is 1.10. The van der Waals surface area contributed by atoms with Crippen molar-refractivity contribution in [2.75, 3.05) is 6.54 Å². The van der Waals surface area contributed by atoms with Crippen molar-refractivity contribution < 1.29 is 13.2 Å². The number of hydrogen-bond donors (Lipinski definition) is 2. The molecule has 0 saturated heterocycles. The third-order valence-electron chi connectivity index (χ3n) is 3.32. The Kier molecular flexibility index (Phi) is 3.91. The molecular weight excluding hydrogens is 264 g/mol. The van der Waals surface area contributed by atoms with Gasteiger partial charge in [0.1, 0.15) is 0 Å². The van der Waals surface area contributed by atoms with Crippen molar-refractivity contribution >= 4 is 15.9 Å². The van der Waals surface area contributed by atoms with Gasteiger partial charge in [-0.25, -0.2) is 13.6 Å². The molecule has 1 saturated carbocycles. The van der Waals surface area contributed by atoms with Crippen LogP contribution in [0.3, 0.4) is 0 Å². The van der Waals surface area contributed by atoms with Crippen LogP contribution in [0.1, 0.15) is 35.2 Å². The summed E-state index contributed by atoms with van der Waals surface area (Å²) in [6.07, 6.45) is 3.48. The van der Waals surface area contributed by atoms with Crippen molar-refractivity contribution in [2.24, 2.45) is 11.1 Å². The lowest BCUT2D eigenvalue weighted by Crippen LogP contribution is -2.26. The van der Waals surface area contributed by atoms with E-state index < -0.39 is 10.0 Å². The number of carbonyl (C=O) groups excluding carboxylic acids is 1. The Bertz CT molecular complexity index is 592. The predicted molar refractivity (Wildman–Crippen MR) is 72.2 cm³/mol. The Morgan fingerprint density at radius 1 is 1.42 bits per heavy atom. The molecule has 0 bridgehead atoms. The number of benzene rings is 1. The molecule has 0 spiro atoms. The van der Waals surface area contributed by atoms with E-state index in [2.05, 4.69) is 5.32 Å². The van der Waals surface area contributed by atoms with E-state index in [0.717, 1.165) is 17.9 Å². The molecular formula is C13H18N2O3S. The van der Waals surface area contributed by atoms with E-state index in [4.69, 9.17) is 5.14 Å². The zero-order chi connectivity index (χ0) is 14.0. The zero-order valence-electron chi connectivity index (χ0n) is 10.8. The molecule has 3 N–H and O–H groups in total. The highest BCUT2D eigenvalue weighted by molar-refractivity contribution is 7.89. The first kappa shape index (κ1) is 14.0. The van der Waals surface area contributed by atoms with Crippen molar-refractivity contribution in [3.8, 4) is 0 Å². The number of amides is 1. The lowest BCUT2D eigenvalue weighted by atomic mass is 10.1. The molecule has 104 valence electrons. The standard InChI is InChI=1S/C13H18N2O3S/c1-9-2-5-11(19(14,17)18)8-12(9)13(16)15-7-6-10-3-4-10/h2,5,8,10H,3-4,6-7H2,1H3,(H,15,16)(H2,14,17,18). The van der Waals surface area contributed by atoms with E-state index in [1.54, 1.807) is 13.0 Å². The molecule has 0 radical (unpaired) electrons. The monoisotopic (exact) mass is 282 g/mol. The van der Waals surface area contributed by atoms with Crippen LogP contribution in [-0.2, 0) is 10.0 Å². The molecule has 0 unspecified atom stereocenters. The fourth-order valence-electron chi connectivity index (χ4n) is 1.91. The number of primary sulfonamides is 1. The van der Waals surface area contributed by atoms with Crippen LogP contribution in [-0.4, -0.2) is 20.9 Å². The minimum atomic E-state index is -3.78. The van der Waals surface area contributed by atoms with E-state index in [1.807, 2.05) is 0 Å². The van der Waals surface area contributed by atoms with Crippen molar-refractivity contribution in [1.29, 1.82) is 0 Å². The van der Waals surface area contributed by atoms with Crippen molar-refractivity contribution in [3.63, 3.8) is 0 Å². The normalized spacial score (nSPS) is 15.3. The van der Waals surface area contributed by atoms with Crippen LogP contribution in [0, 0.1) is 12.8 Å². The first-order valence-electron chi connectivity index (χ1n) is 6.29. The Morgan fingerprint density at radius 3 is 2.68 bits per heavy atom. The Hall–Kier alpha value is -1.40. The van der Waals surface area contributed by atoms with Gasteiger partial charge in [0.25, 0.3) is 5.91 Å². The SMILES string of the molecule is Cc1ccc(S(N)(=O)=O)cc1C(=O)NCCC1CC1. The van der Waals surface area contributed by atoms with Gasteiger partial charge in [0, 0.05) is 12.1 Å². The Balaban J connectivity index is 2.10. The van der Waals surface area contributed by atoms with Gasteiger partial charge in [-0.05, 0) is 37.0 Å². The molecule has 1 fully saturated rings. The molecule has 1 aliphatic carbocycles. The topological polar surface area (TPSA) is 89.3 Å². The quantitative estimate of drug-likeness (QED) is 0.849. The second-order valence-electron chi connectivity index (χ2n) is 5.01. The molecule has 1 aromatic carbocycles. The van der Waals surface area contributed by atoms with Gasteiger partial charge in [-0.2, -0.15) is 0 Å². The molecule has 0 atom stereocenters. The minimum Gasteiger partial charge on any atom is -0.352 e. The highest BCUT2D eigenvalue weighted by Crippen LogP contribution is 2.31. The van der Waals surface area contributed by atoms with E-state index in [9.17, 15) is 13.2 Å². The van der Waals surface area contributed by atoms with Crippen molar-refractivity contribution in [3.05, 3.63) is 29.3 Å². The van der Waals surface area contributed by atoms with Crippen molar-refractivity contribution in [2.45, 2.75) is 31.1 Å². The van der Waals surface area contributed by atoms with Crippen LogP contribution in [0.15, 0.2) is 23.1 Å². The highest BCUT2D eigenvalue weighted by atomic mass is 32.2. The fourth-order valence-corrected chi connectivity index (χ4v) is 2.45. The molecule has 1 amide bonds. The summed E-state index contributed by atoms with van der Waals surface area (Å²) >= 11 is 0. The third-order valence-corrected chi connectivity index (χ3v) is 4.23. The first-order chi connectivity index (χ1) is 8.88. The number of nitrogens with two attached hydrogens (primary N) is 1. The summed E-state index contributed by atoms with van der Waals surface area (Å²) < 4.78 is 22.6. The van der Waals surface area contributed by atoms with Crippen LogP contribution in [0.5, 0.6) is 0 Å². The van der Waals surface area contributed by atoms with Crippen LogP contribution in [0.4, 0.5) is 0 Å². The maximum absolute atomic E-state index is 12.0. The van der Waals surface area contributed by atoms with Gasteiger partial charge >= 0.3 is 0 Å².